The molecule has 128 valence electrons. The zero-order chi connectivity index (χ0) is 18.0. The van der Waals surface area contributed by atoms with Crippen molar-refractivity contribution in [1.29, 1.82) is 0 Å². The van der Waals surface area contributed by atoms with Gasteiger partial charge >= 0.3 is 0 Å². The molecule has 1 aliphatic carbocycles. The van der Waals surface area contributed by atoms with Gasteiger partial charge in [0, 0.05) is 12.3 Å². The lowest BCUT2D eigenvalue weighted by Gasteiger charge is -2.22. The van der Waals surface area contributed by atoms with E-state index in [0.29, 0.717) is 0 Å². The fourth-order valence-electron chi connectivity index (χ4n) is 3.39. The highest BCUT2D eigenvalue weighted by Gasteiger charge is 2.31. The largest absolute Gasteiger partial charge is 0.368 e. The smallest absolute Gasteiger partial charge is 0.237 e. The van der Waals surface area contributed by atoms with Crippen LogP contribution in [0.1, 0.15) is 23.5 Å². The van der Waals surface area contributed by atoms with Crippen molar-refractivity contribution in [3.63, 3.8) is 0 Å². The van der Waals surface area contributed by atoms with Crippen molar-refractivity contribution in [2.75, 3.05) is 13.1 Å². The molecule has 0 aromatic heterocycles. The van der Waals surface area contributed by atoms with Crippen molar-refractivity contribution < 1.29 is 14.4 Å². The molecule has 2 aromatic carbocycles. The molecule has 0 unspecified atom stereocenters. The fourth-order valence-corrected chi connectivity index (χ4v) is 3.39. The molecular weight excluding hydrogens is 318 g/mol. The number of amides is 3. The Balaban J connectivity index is 1.90. The number of hydrogen-bond acceptors (Lipinski definition) is 3. The molecule has 1 aliphatic rings. The number of primary amides is 2. The maximum absolute atomic E-state index is 12.7. The van der Waals surface area contributed by atoms with Crippen LogP contribution in [0.4, 0.5) is 0 Å². The number of carbonyl (C=O) groups excluding carboxylic acids is 3. The molecule has 6 nitrogen and oxygen atoms in total. The maximum atomic E-state index is 12.7. The Bertz CT molecular complexity index is 786. The summed E-state index contributed by atoms with van der Waals surface area (Å²) in [5.41, 5.74) is 14.7. The van der Waals surface area contributed by atoms with Crippen LogP contribution in [0.25, 0.3) is 11.1 Å². The third-order valence-corrected chi connectivity index (χ3v) is 4.39. The summed E-state index contributed by atoms with van der Waals surface area (Å²) >= 11 is 0. The summed E-state index contributed by atoms with van der Waals surface area (Å²) in [6.45, 7) is -0.643. The van der Waals surface area contributed by atoms with E-state index >= 15 is 0 Å². The first-order valence-corrected chi connectivity index (χ1v) is 8.00. The third kappa shape index (κ3) is 3.38. The van der Waals surface area contributed by atoms with Gasteiger partial charge in [-0.3, -0.25) is 14.4 Å². The Labute approximate surface area is 145 Å². The van der Waals surface area contributed by atoms with Gasteiger partial charge in [-0.2, -0.15) is 0 Å². The molecule has 0 atom stereocenters. The lowest BCUT2D eigenvalue weighted by molar-refractivity contribution is -0.138. The number of nitrogens with zero attached hydrogens (tertiary/aromatic N) is 1. The number of nitrogens with two attached hydrogens (primary N) is 2. The van der Waals surface area contributed by atoms with Gasteiger partial charge in [-0.15, -0.1) is 0 Å². The Morgan fingerprint density at radius 3 is 1.68 bits per heavy atom. The highest BCUT2D eigenvalue weighted by Crippen LogP contribution is 2.46. The predicted octanol–water partition coefficient (Wildman–Crippen LogP) is 0.988. The van der Waals surface area contributed by atoms with Crippen LogP contribution < -0.4 is 11.5 Å². The first-order chi connectivity index (χ1) is 12.0. The predicted molar refractivity (Wildman–Crippen MR) is 93.3 cm³/mol. The van der Waals surface area contributed by atoms with Crippen molar-refractivity contribution in [3.05, 3.63) is 59.7 Å². The van der Waals surface area contributed by atoms with E-state index in [2.05, 4.69) is 0 Å². The lowest BCUT2D eigenvalue weighted by Crippen LogP contribution is -2.43. The fraction of sp³-hybridized carbons (Fsp3) is 0.211. The molecule has 3 rings (SSSR count). The van der Waals surface area contributed by atoms with Crippen LogP contribution in [0.15, 0.2) is 48.5 Å². The second kappa shape index (κ2) is 6.76. The summed E-state index contributed by atoms with van der Waals surface area (Å²) in [6, 6.07) is 15.9. The van der Waals surface area contributed by atoms with Gasteiger partial charge in [0.1, 0.15) is 0 Å². The second-order valence-corrected chi connectivity index (χ2v) is 6.11. The molecule has 0 saturated heterocycles. The topological polar surface area (TPSA) is 106 Å². The summed E-state index contributed by atoms with van der Waals surface area (Å²) in [4.78, 5) is 36.2. The zero-order valence-corrected chi connectivity index (χ0v) is 13.6. The minimum Gasteiger partial charge on any atom is -0.368 e. The van der Waals surface area contributed by atoms with Crippen molar-refractivity contribution >= 4 is 17.7 Å². The maximum Gasteiger partial charge on any atom is 0.237 e. The Hall–Kier alpha value is -3.15. The van der Waals surface area contributed by atoms with Gasteiger partial charge in [0.05, 0.1) is 13.1 Å². The van der Waals surface area contributed by atoms with E-state index in [9.17, 15) is 14.4 Å². The highest BCUT2D eigenvalue weighted by molar-refractivity contribution is 5.90. The molecule has 0 bridgehead atoms. The van der Waals surface area contributed by atoms with Crippen LogP contribution in [0.2, 0.25) is 0 Å². The van der Waals surface area contributed by atoms with Crippen LogP contribution in [0.5, 0.6) is 0 Å². The third-order valence-electron chi connectivity index (χ3n) is 4.39. The molecule has 0 fully saturated rings. The Morgan fingerprint density at radius 1 is 0.800 bits per heavy atom. The van der Waals surface area contributed by atoms with Gasteiger partial charge in [-0.05, 0) is 22.3 Å². The minimum absolute atomic E-state index is 0.122. The summed E-state index contributed by atoms with van der Waals surface area (Å²) in [5.74, 6) is -1.80. The zero-order valence-electron chi connectivity index (χ0n) is 13.6. The molecule has 0 radical (unpaired) electrons. The van der Waals surface area contributed by atoms with Crippen molar-refractivity contribution in [1.82, 2.24) is 4.90 Å². The van der Waals surface area contributed by atoms with Gasteiger partial charge in [0.25, 0.3) is 0 Å². The summed E-state index contributed by atoms with van der Waals surface area (Å²) in [6.07, 6.45) is 0.147. The summed E-state index contributed by atoms with van der Waals surface area (Å²) in [5, 5.41) is 0. The normalized spacial score (nSPS) is 12.3. The van der Waals surface area contributed by atoms with E-state index in [1.54, 1.807) is 0 Å². The standard InChI is InChI=1S/C19H19N3O3/c20-17(23)10-22(11-18(21)24)19(25)9-16-14-7-3-1-5-12(14)13-6-2-4-8-15(13)16/h1-8,16H,9-11H2,(H2,20,23)(H2,21,24). The number of carbonyl (C=O) groups is 3. The van der Waals surface area contributed by atoms with Gasteiger partial charge in [0.15, 0.2) is 0 Å². The summed E-state index contributed by atoms with van der Waals surface area (Å²) < 4.78 is 0. The molecule has 0 aliphatic heterocycles. The molecule has 2 aromatic rings. The van der Waals surface area contributed by atoms with Crippen LogP contribution in [-0.2, 0) is 14.4 Å². The average Bonchev–Trinajstić information content (AvgIpc) is 2.88. The molecule has 3 amide bonds. The molecule has 6 heteroatoms. The molecule has 0 saturated carbocycles. The van der Waals surface area contributed by atoms with Gasteiger partial charge < -0.3 is 16.4 Å². The van der Waals surface area contributed by atoms with Gasteiger partial charge in [0.2, 0.25) is 17.7 Å². The molecule has 4 N–H and O–H groups in total. The highest BCUT2D eigenvalue weighted by atomic mass is 16.2. The summed E-state index contributed by atoms with van der Waals surface area (Å²) in [7, 11) is 0. The number of fused-ring (bicyclic) bond motifs is 3. The SMILES string of the molecule is NC(=O)CN(CC(N)=O)C(=O)CC1c2ccccc2-c2ccccc21. The molecule has 0 heterocycles. The van der Waals surface area contributed by atoms with E-state index in [0.717, 1.165) is 27.2 Å². The van der Waals surface area contributed by atoms with Crippen LogP contribution in [-0.4, -0.2) is 35.7 Å². The number of hydrogen-bond donors (Lipinski definition) is 2. The average molecular weight is 337 g/mol. The van der Waals surface area contributed by atoms with E-state index in [4.69, 9.17) is 11.5 Å². The van der Waals surface area contributed by atoms with Crippen molar-refractivity contribution in [2.24, 2.45) is 11.5 Å². The first kappa shape index (κ1) is 16.7. The number of benzene rings is 2. The van der Waals surface area contributed by atoms with Crippen LogP contribution >= 0.6 is 0 Å². The van der Waals surface area contributed by atoms with Gasteiger partial charge in [-0.1, -0.05) is 48.5 Å². The van der Waals surface area contributed by atoms with Crippen molar-refractivity contribution in [2.45, 2.75) is 12.3 Å². The minimum atomic E-state index is -0.679. The van der Waals surface area contributed by atoms with E-state index in [1.807, 2.05) is 48.5 Å². The second-order valence-electron chi connectivity index (χ2n) is 6.11. The quantitative estimate of drug-likeness (QED) is 0.820. The Kier molecular flexibility index (Phi) is 4.52. The molecule has 25 heavy (non-hydrogen) atoms. The lowest BCUT2D eigenvalue weighted by atomic mass is 9.93. The first-order valence-electron chi connectivity index (χ1n) is 8.00. The van der Waals surface area contributed by atoms with Crippen LogP contribution in [0.3, 0.4) is 0 Å². The van der Waals surface area contributed by atoms with E-state index in [-0.39, 0.29) is 31.3 Å². The van der Waals surface area contributed by atoms with E-state index in [1.165, 1.54) is 0 Å². The van der Waals surface area contributed by atoms with Crippen LogP contribution in [0, 0.1) is 0 Å². The number of rotatable bonds is 6. The van der Waals surface area contributed by atoms with E-state index < -0.39 is 11.8 Å². The van der Waals surface area contributed by atoms with Gasteiger partial charge in [-0.25, -0.2) is 0 Å². The molecule has 0 spiro atoms. The monoisotopic (exact) mass is 337 g/mol. The Morgan fingerprint density at radius 2 is 1.24 bits per heavy atom. The molecular formula is C19H19N3O3. The van der Waals surface area contributed by atoms with Crippen molar-refractivity contribution in [3.8, 4) is 11.1 Å².